The van der Waals surface area contributed by atoms with Gasteiger partial charge in [0.05, 0.1) is 7.11 Å². The SMILES string of the molecule is COc1c(/C=C/c2ccc(/C=C/C3=C(C#N)C(=C(C#N)C#N)OC3(C)c3ccccc3)s2)cc2c3c1CCCN3CCC2. The van der Waals surface area contributed by atoms with E-state index in [-0.39, 0.29) is 16.9 Å². The van der Waals surface area contributed by atoms with Crippen LogP contribution < -0.4 is 9.64 Å². The van der Waals surface area contributed by atoms with Gasteiger partial charge in [-0.25, -0.2) is 0 Å². The largest absolute Gasteiger partial charge is 0.496 e. The lowest BCUT2D eigenvalue weighted by Gasteiger charge is -2.38. The number of thiophene rings is 1. The Kier molecular flexibility index (Phi) is 7.64. The Balaban J connectivity index is 1.33. The number of ether oxygens (including phenoxy) is 2. The molecular weight excluding hydrogens is 552 g/mol. The molecule has 212 valence electrons. The van der Waals surface area contributed by atoms with Crippen molar-refractivity contribution in [1.29, 1.82) is 15.8 Å². The Labute approximate surface area is 256 Å². The van der Waals surface area contributed by atoms with E-state index in [0.29, 0.717) is 5.57 Å². The molecule has 0 aliphatic carbocycles. The molecule has 0 bridgehead atoms. The molecule has 1 aromatic heterocycles. The lowest BCUT2D eigenvalue weighted by atomic mass is 9.86. The predicted molar refractivity (Wildman–Crippen MR) is 170 cm³/mol. The third-order valence-electron chi connectivity index (χ3n) is 8.40. The van der Waals surface area contributed by atoms with Crippen molar-refractivity contribution in [2.75, 3.05) is 25.1 Å². The van der Waals surface area contributed by atoms with Crippen LogP contribution in [0.15, 0.2) is 77.1 Å². The molecule has 4 heterocycles. The minimum atomic E-state index is -1.03. The fourth-order valence-electron chi connectivity index (χ4n) is 6.40. The first-order valence-electron chi connectivity index (χ1n) is 14.4. The molecule has 3 aliphatic rings. The number of anilines is 1. The highest BCUT2D eigenvalue weighted by Gasteiger charge is 2.43. The smallest absolute Gasteiger partial charge is 0.172 e. The topological polar surface area (TPSA) is 93.1 Å². The van der Waals surface area contributed by atoms with Gasteiger partial charge in [-0.3, -0.25) is 0 Å². The van der Waals surface area contributed by atoms with Gasteiger partial charge in [-0.05, 0) is 80.2 Å². The molecule has 7 heteroatoms. The van der Waals surface area contributed by atoms with E-state index in [1.54, 1.807) is 18.4 Å². The van der Waals surface area contributed by atoms with Crippen LogP contribution in [-0.2, 0) is 23.2 Å². The summed E-state index contributed by atoms with van der Waals surface area (Å²) in [6.45, 7) is 4.12. The van der Waals surface area contributed by atoms with E-state index >= 15 is 0 Å². The van der Waals surface area contributed by atoms with Gasteiger partial charge in [0.15, 0.2) is 16.9 Å². The number of aryl methyl sites for hydroxylation is 1. The summed E-state index contributed by atoms with van der Waals surface area (Å²) >= 11 is 1.63. The minimum Gasteiger partial charge on any atom is -0.496 e. The number of nitrogens with zero attached hydrogens (tertiary/aromatic N) is 4. The molecule has 0 amide bonds. The van der Waals surface area contributed by atoms with Crippen LogP contribution in [0.1, 0.15) is 51.8 Å². The number of hydrogen-bond donors (Lipinski definition) is 0. The molecule has 3 aliphatic heterocycles. The summed E-state index contributed by atoms with van der Waals surface area (Å²) in [6.07, 6.45) is 12.6. The molecule has 2 aromatic carbocycles. The van der Waals surface area contributed by atoms with Crippen LogP contribution in [0.3, 0.4) is 0 Å². The van der Waals surface area contributed by atoms with Crippen molar-refractivity contribution in [2.45, 2.75) is 38.2 Å². The number of allylic oxidation sites excluding steroid dienone is 2. The van der Waals surface area contributed by atoms with Gasteiger partial charge < -0.3 is 14.4 Å². The van der Waals surface area contributed by atoms with E-state index < -0.39 is 5.60 Å². The zero-order chi connectivity index (χ0) is 30.0. The summed E-state index contributed by atoms with van der Waals surface area (Å²) in [4.78, 5) is 4.62. The summed E-state index contributed by atoms with van der Waals surface area (Å²) in [5.41, 5.74) is 5.64. The summed E-state index contributed by atoms with van der Waals surface area (Å²) < 4.78 is 12.2. The van der Waals surface area contributed by atoms with Crippen LogP contribution in [0.5, 0.6) is 5.75 Å². The lowest BCUT2D eigenvalue weighted by Crippen LogP contribution is -2.34. The van der Waals surface area contributed by atoms with Gasteiger partial charge in [0.1, 0.15) is 29.5 Å². The number of nitriles is 3. The molecule has 1 atom stereocenters. The fourth-order valence-corrected chi connectivity index (χ4v) is 7.22. The van der Waals surface area contributed by atoms with Crippen molar-refractivity contribution < 1.29 is 9.47 Å². The quantitative estimate of drug-likeness (QED) is 0.277. The zero-order valence-corrected chi connectivity index (χ0v) is 25.0. The third kappa shape index (κ3) is 5.01. The first-order valence-corrected chi connectivity index (χ1v) is 15.2. The van der Waals surface area contributed by atoms with Gasteiger partial charge in [0, 0.05) is 45.2 Å². The fraction of sp³-hybridized carbons (Fsp3) is 0.250. The highest BCUT2D eigenvalue weighted by atomic mass is 32.1. The van der Waals surface area contributed by atoms with Crippen LogP contribution >= 0.6 is 11.3 Å². The molecular formula is C36H30N4O2S. The van der Waals surface area contributed by atoms with E-state index in [1.807, 2.05) is 67.6 Å². The van der Waals surface area contributed by atoms with E-state index in [1.165, 1.54) is 23.2 Å². The second-order valence-electron chi connectivity index (χ2n) is 10.9. The van der Waals surface area contributed by atoms with Crippen molar-refractivity contribution in [3.05, 3.63) is 109 Å². The second kappa shape index (κ2) is 11.7. The zero-order valence-electron chi connectivity index (χ0n) is 24.2. The number of rotatable bonds is 6. The maximum atomic E-state index is 10.1. The molecule has 0 saturated heterocycles. The van der Waals surface area contributed by atoms with Crippen LogP contribution in [0, 0.1) is 34.0 Å². The Hall–Kier alpha value is -5.03. The maximum absolute atomic E-state index is 10.1. The Morgan fingerprint density at radius 1 is 0.953 bits per heavy atom. The summed E-state index contributed by atoms with van der Waals surface area (Å²) in [5.74, 6) is 1.00. The third-order valence-corrected chi connectivity index (χ3v) is 9.41. The highest BCUT2D eigenvalue weighted by molar-refractivity contribution is 7.13. The van der Waals surface area contributed by atoms with Crippen molar-refractivity contribution in [3.63, 3.8) is 0 Å². The van der Waals surface area contributed by atoms with Crippen LogP contribution in [0.4, 0.5) is 5.69 Å². The summed E-state index contributed by atoms with van der Waals surface area (Å²) in [7, 11) is 1.77. The second-order valence-corrected chi connectivity index (χ2v) is 12.1. The monoisotopic (exact) mass is 582 g/mol. The standard InChI is InChI=1S/C36H30N4O2S/c1-36(27-9-4-3-5-10-27)32(31(23-39)35(42-36)26(21-37)22-38)17-16-29-15-14-28(43-29)13-12-25-20-24-8-6-18-40-19-7-11-30(33(24)40)34(25)41-2/h3-5,9-10,12-17,20H,6-8,11,18-19H2,1-2H3/b13-12+,17-16+. The molecule has 0 radical (unpaired) electrons. The normalized spacial score (nSPS) is 19.1. The molecule has 6 nitrogen and oxygen atoms in total. The summed E-state index contributed by atoms with van der Waals surface area (Å²) in [5, 5.41) is 29.1. The first-order chi connectivity index (χ1) is 21.0. The molecule has 0 N–H and O–H groups in total. The van der Waals surface area contributed by atoms with E-state index in [9.17, 15) is 15.8 Å². The van der Waals surface area contributed by atoms with Crippen molar-refractivity contribution in [2.24, 2.45) is 0 Å². The predicted octanol–water partition coefficient (Wildman–Crippen LogP) is 7.71. The van der Waals surface area contributed by atoms with Crippen LogP contribution in [0.2, 0.25) is 0 Å². The van der Waals surface area contributed by atoms with E-state index in [2.05, 4.69) is 35.3 Å². The molecule has 6 rings (SSSR count). The van der Waals surface area contributed by atoms with Crippen molar-refractivity contribution in [1.82, 2.24) is 0 Å². The average Bonchev–Trinajstić information content (AvgIpc) is 3.62. The molecule has 43 heavy (non-hydrogen) atoms. The molecule has 0 fully saturated rings. The molecule has 0 spiro atoms. The van der Waals surface area contributed by atoms with Gasteiger partial charge >= 0.3 is 0 Å². The Morgan fingerprint density at radius 3 is 2.33 bits per heavy atom. The molecule has 1 unspecified atom stereocenters. The Bertz CT molecular complexity index is 1820. The maximum Gasteiger partial charge on any atom is 0.172 e. The van der Waals surface area contributed by atoms with E-state index in [0.717, 1.165) is 59.0 Å². The van der Waals surface area contributed by atoms with Gasteiger partial charge in [0.25, 0.3) is 0 Å². The number of methoxy groups -OCH3 is 1. The lowest BCUT2D eigenvalue weighted by molar-refractivity contribution is 0.0755. The van der Waals surface area contributed by atoms with Gasteiger partial charge in [-0.15, -0.1) is 11.3 Å². The van der Waals surface area contributed by atoms with Gasteiger partial charge in [-0.1, -0.05) is 36.4 Å². The van der Waals surface area contributed by atoms with Crippen molar-refractivity contribution >= 4 is 35.3 Å². The van der Waals surface area contributed by atoms with E-state index in [4.69, 9.17) is 9.47 Å². The highest BCUT2D eigenvalue weighted by Crippen LogP contribution is 2.47. The first kappa shape index (κ1) is 28.1. The summed E-state index contributed by atoms with van der Waals surface area (Å²) in [6, 6.07) is 21.9. The average molecular weight is 583 g/mol. The van der Waals surface area contributed by atoms with Gasteiger partial charge in [0.2, 0.25) is 0 Å². The Morgan fingerprint density at radius 2 is 1.65 bits per heavy atom. The molecule has 3 aromatic rings. The number of hydrogen-bond acceptors (Lipinski definition) is 7. The number of benzene rings is 2. The van der Waals surface area contributed by atoms with Gasteiger partial charge in [-0.2, -0.15) is 15.8 Å². The van der Waals surface area contributed by atoms with Crippen LogP contribution in [-0.4, -0.2) is 20.2 Å². The van der Waals surface area contributed by atoms with Crippen molar-refractivity contribution in [3.8, 4) is 24.0 Å². The van der Waals surface area contributed by atoms with Crippen LogP contribution in [0.25, 0.3) is 18.2 Å². The minimum absolute atomic E-state index is 0.0226. The molecule has 0 saturated carbocycles.